The molecule has 1 saturated heterocycles. The van der Waals surface area contributed by atoms with Crippen molar-refractivity contribution in [2.75, 3.05) is 25.0 Å². The first-order chi connectivity index (χ1) is 10.6. The van der Waals surface area contributed by atoms with E-state index >= 15 is 0 Å². The van der Waals surface area contributed by atoms with Crippen molar-refractivity contribution in [3.05, 3.63) is 33.5 Å². The molecule has 1 aliphatic heterocycles. The summed E-state index contributed by atoms with van der Waals surface area (Å²) < 4.78 is 5.76. The minimum atomic E-state index is -0.102. The molecule has 7 heteroatoms. The van der Waals surface area contributed by atoms with Crippen molar-refractivity contribution >= 4 is 33.8 Å². The first-order valence-corrected chi connectivity index (χ1v) is 8.99. The van der Waals surface area contributed by atoms with E-state index in [9.17, 15) is 4.79 Å². The summed E-state index contributed by atoms with van der Waals surface area (Å²) >= 11 is 3.19. The molecule has 3 heterocycles. The van der Waals surface area contributed by atoms with E-state index in [1.54, 1.807) is 16.2 Å². The molecule has 0 spiro atoms. The van der Waals surface area contributed by atoms with Crippen LogP contribution < -0.4 is 5.32 Å². The molecule has 5 nitrogen and oxygen atoms in total. The van der Waals surface area contributed by atoms with Crippen LogP contribution in [-0.2, 0) is 4.74 Å². The number of nitrogens with one attached hydrogen (secondary N) is 1. The Labute approximate surface area is 137 Å². The number of anilines is 1. The summed E-state index contributed by atoms with van der Waals surface area (Å²) in [6.07, 6.45) is 1.81. The molecule has 22 heavy (non-hydrogen) atoms. The van der Waals surface area contributed by atoms with Gasteiger partial charge in [0.2, 0.25) is 0 Å². The number of thiophene rings is 1. The standard InChI is InChI=1S/C15H19N3O2S2/c1-10(2)13-8-16-14(22-13)17-15(19)18-5-6-20-11(9-18)12-4-3-7-21-12/h3-4,7-8,10-11H,5-6,9H2,1-2H3,(H,16,17,19)/t11-/m1/s1. The number of hydrogen-bond donors (Lipinski definition) is 1. The Morgan fingerprint density at radius 3 is 3.09 bits per heavy atom. The van der Waals surface area contributed by atoms with Gasteiger partial charge in [-0.25, -0.2) is 9.78 Å². The van der Waals surface area contributed by atoms with Crippen LogP contribution in [0.15, 0.2) is 23.7 Å². The van der Waals surface area contributed by atoms with Crippen LogP contribution in [0, 0.1) is 0 Å². The van der Waals surface area contributed by atoms with E-state index in [2.05, 4.69) is 24.1 Å². The number of thiazole rings is 1. The predicted octanol–water partition coefficient (Wildman–Crippen LogP) is 3.93. The summed E-state index contributed by atoms with van der Waals surface area (Å²) in [5.74, 6) is 0.426. The van der Waals surface area contributed by atoms with Crippen molar-refractivity contribution in [1.29, 1.82) is 0 Å². The summed E-state index contributed by atoms with van der Waals surface area (Å²) in [7, 11) is 0. The predicted molar refractivity (Wildman–Crippen MR) is 89.8 cm³/mol. The second-order valence-electron chi connectivity index (χ2n) is 5.47. The van der Waals surface area contributed by atoms with Gasteiger partial charge in [-0.2, -0.15) is 0 Å². The summed E-state index contributed by atoms with van der Waals surface area (Å²) in [4.78, 5) is 20.8. The molecule has 0 unspecified atom stereocenters. The van der Waals surface area contributed by atoms with E-state index in [4.69, 9.17) is 4.74 Å². The van der Waals surface area contributed by atoms with Crippen molar-refractivity contribution in [2.24, 2.45) is 0 Å². The summed E-state index contributed by atoms with van der Waals surface area (Å²) in [6, 6.07) is 3.95. The third-order valence-electron chi connectivity index (χ3n) is 3.52. The molecule has 1 N–H and O–H groups in total. The van der Waals surface area contributed by atoms with Crippen LogP contribution in [0.1, 0.15) is 35.6 Å². The molecular formula is C15H19N3O2S2. The van der Waals surface area contributed by atoms with Crippen LogP contribution in [0.5, 0.6) is 0 Å². The van der Waals surface area contributed by atoms with Crippen LogP contribution in [0.2, 0.25) is 0 Å². The van der Waals surface area contributed by atoms with Crippen molar-refractivity contribution in [1.82, 2.24) is 9.88 Å². The van der Waals surface area contributed by atoms with Gasteiger partial charge in [0.1, 0.15) is 6.10 Å². The quantitative estimate of drug-likeness (QED) is 0.923. The molecule has 1 fully saturated rings. The van der Waals surface area contributed by atoms with Gasteiger partial charge >= 0.3 is 6.03 Å². The molecule has 2 aromatic rings. The molecule has 0 aromatic carbocycles. The number of nitrogens with zero attached hydrogens (tertiary/aromatic N) is 2. The fourth-order valence-electron chi connectivity index (χ4n) is 2.26. The molecule has 0 saturated carbocycles. The average molecular weight is 337 g/mol. The summed E-state index contributed by atoms with van der Waals surface area (Å²) in [5.41, 5.74) is 0. The normalized spacial score (nSPS) is 18.7. The fraction of sp³-hybridized carbons (Fsp3) is 0.467. The highest BCUT2D eigenvalue weighted by Gasteiger charge is 2.26. The summed E-state index contributed by atoms with van der Waals surface area (Å²) in [5, 5.41) is 5.58. The number of rotatable bonds is 3. The maximum absolute atomic E-state index is 12.4. The number of carbonyl (C=O) groups is 1. The van der Waals surface area contributed by atoms with E-state index < -0.39 is 0 Å². The molecule has 2 aromatic heterocycles. The molecule has 0 bridgehead atoms. The van der Waals surface area contributed by atoms with Crippen LogP contribution in [-0.4, -0.2) is 35.6 Å². The van der Waals surface area contributed by atoms with Crippen molar-refractivity contribution < 1.29 is 9.53 Å². The average Bonchev–Trinajstić information content (AvgIpc) is 3.19. The van der Waals surface area contributed by atoms with Crippen molar-refractivity contribution in [3.63, 3.8) is 0 Å². The molecule has 3 rings (SSSR count). The number of ether oxygens (including phenoxy) is 1. The Balaban J connectivity index is 1.61. The lowest BCUT2D eigenvalue weighted by Crippen LogP contribution is -2.44. The highest BCUT2D eigenvalue weighted by Crippen LogP contribution is 2.28. The first-order valence-electron chi connectivity index (χ1n) is 7.30. The lowest BCUT2D eigenvalue weighted by molar-refractivity contribution is -0.0115. The number of hydrogen-bond acceptors (Lipinski definition) is 5. The largest absolute Gasteiger partial charge is 0.369 e. The second kappa shape index (κ2) is 6.76. The Morgan fingerprint density at radius 1 is 1.55 bits per heavy atom. The van der Waals surface area contributed by atoms with E-state index in [0.717, 1.165) is 4.88 Å². The second-order valence-corrected chi connectivity index (χ2v) is 7.52. The van der Waals surface area contributed by atoms with Gasteiger partial charge in [0.15, 0.2) is 5.13 Å². The molecular weight excluding hydrogens is 318 g/mol. The lowest BCUT2D eigenvalue weighted by atomic mass is 10.2. The third-order valence-corrected chi connectivity index (χ3v) is 5.70. The van der Waals surface area contributed by atoms with Crippen molar-refractivity contribution in [3.8, 4) is 0 Å². The number of morpholine rings is 1. The monoisotopic (exact) mass is 337 g/mol. The fourth-order valence-corrected chi connectivity index (χ4v) is 3.84. The first kappa shape index (κ1) is 15.5. The number of carbonyl (C=O) groups excluding carboxylic acids is 1. The van der Waals surface area contributed by atoms with Gasteiger partial charge in [-0.3, -0.25) is 5.32 Å². The molecule has 0 radical (unpaired) electrons. The lowest BCUT2D eigenvalue weighted by Gasteiger charge is -2.32. The maximum atomic E-state index is 12.4. The topological polar surface area (TPSA) is 54.5 Å². The molecule has 1 atom stereocenters. The molecule has 1 aliphatic rings. The Hall–Kier alpha value is -1.44. The highest BCUT2D eigenvalue weighted by molar-refractivity contribution is 7.15. The molecule has 118 valence electrons. The van der Waals surface area contributed by atoms with Gasteiger partial charge < -0.3 is 9.64 Å². The van der Waals surface area contributed by atoms with Gasteiger partial charge in [0.25, 0.3) is 0 Å². The van der Waals surface area contributed by atoms with Gasteiger partial charge in [-0.1, -0.05) is 19.9 Å². The zero-order valence-electron chi connectivity index (χ0n) is 12.6. The van der Waals surface area contributed by atoms with Gasteiger partial charge in [0.05, 0.1) is 13.2 Å². The maximum Gasteiger partial charge on any atom is 0.323 e. The minimum Gasteiger partial charge on any atom is -0.369 e. The van der Waals surface area contributed by atoms with Crippen LogP contribution in [0.3, 0.4) is 0 Å². The van der Waals surface area contributed by atoms with E-state index in [0.29, 0.717) is 30.7 Å². The van der Waals surface area contributed by atoms with Gasteiger partial charge in [-0.05, 0) is 17.4 Å². The van der Waals surface area contributed by atoms with E-state index in [1.165, 1.54) is 16.2 Å². The van der Waals surface area contributed by atoms with Gasteiger partial charge in [-0.15, -0.1) is 22.7 Å². The summed E-state index contributed by atoms with van der Waals surface area (Å²) in [6.45, 7) is 5.98. The van der Waals surface area contributed by atoms with Crippen molar-refractivity contribution in [2.45, 2.75) is 25.9 Å². The zero-order valence-corrected chi connectivity index (χ0v) is 14.2. The van der Waals surface area contributed by atoms with Crippen LogP contribution in [0.25, 0.3) is 0 Å². The number of amides is 2. The third kappa shape index (κ3) is 3.48. The SMILES string of the molecule is CC(C)c1cnc(NC(=O)N2CCO[C@@H](c3cccs3)C2)s1. The van der Waals surface area contributed by atoms with E-state index in [-0.39, 0.29) is 12.1 Å². The number of urea groups is 1. The Morgan fingerprint density at radius 2 is 2.41 bits per heavy atom. The highest BCUT2D eigenvalue weighted by atomic mass is 32.1. The van der Waals surface area contributed by atoms with Crippen LogP contribution in [0.4, 0.5) is 9.93 Å². The molecule has 0 aliphatic carbocycles. The Kier molecular flexibility index (Phi) is 4.75. The number of aromatic nitrogens is 1. The van der Waals surface area contributed by atoms with Crippen LogP contribution >= 0.6 is 22.7 Å². The molecule has 2 amide bonds. The van der Waals surface area contributed by atoms with Gasteiger partial charge in [0, 0.05) is 22.5 Å². The smallest absolute Gasteiger partial charge is 0.323 e. The zero-order chi connectivity index (χ0) is 15.5. The van der Waals surface area contributed by atoms with E-state index in [1.807, 2.05) is 23.7 Å². The Bertz CT molecular complexity index is 625. The minimum absolute atomic E-state index is 0.0259.